The SMILES string of the molecule is CC(=N)/C(C)=C1\C(=N)Sc2c(NCc3cnc(C)cc3C)ncnc21. The number of rotatable bonds is 4. The summed E-state index contributed by atoms with van der Waals surface area (Å²) in [5.74, 6) is 0.713. The maximum atomic E-state index is 8.27. The van der Waals surface area contributed by atoms with E-state index in [4.69, 9.17) is 10.8 Å². The third-order valence-corrected chi connectivity index (χ3v) is 5.21. The summed E-state index contributed by atoms with van der Waals surface area (Å²) in [7, 11) is 0. The maximum absolute atomic E-state index is 8.27. The molecule has 0 spiro atoms. The number of nitrogens with one attached hydrogen (secondary N) is 3. The second kappa shape index (κ2) is 6.76. The van der Waals surface area contributed by atoms with Gasteiger partial charge in [0.25, 0.3) is 0 Å². The molecule has 25 heavy (non-hydrogen) atoms. The molecule has 3 rings (SSSR count). The maximum Gasteiger partial charge on any atom is 0.144 e. The van der Waals surface area contributed by atoms with Gasteiger partial charge < -0.3 is 10.7 Å². The monoisotopic (exact) mass is 352 g/mol. The summed E-state index contributed by atoms with van der Waals surface area (Å²) in [6, 6.07) is 2.06. The van der Waals surface area contributed by atoms with Gasteiger partial charge in [-0.05, 0) is 50.5 Å². The van der Waals surface area contributed by atoms with E-state index in [0.717, 1.165) is 33.0 Å². The predicted molar refractivity (Wildman–Crippen MR) is 103 cm³/mol. The first-order valence-electron chi connectivity index (χ1n) is 7.93. The Labute approximate surface area is 151 Å². The normalized spacial score (nSPS) is 15.1. The summed E-state index contributed by atoms with van der Waals surface area (Å²) in [6.45, 7) is 8.24. The van der Waals surface area contributed by atoms with Gasteiger partial charge in [-0.1, -0.05) is 11.8 Å². The fraction of sp³-hybridized carbons (Fsp3) is 0.278. The first-order valence-corrected chi connectivity index (χ1v) is 8.74. The first kappa shape index (κ1) is 17.3. The fourth-order valence-electron chi connectivity index (χ4n) is 2.66. The van der Waals surface area contributed by atoms with E-state index in [1.54, 1.807) is 6.92 Å². The van der Waals surface area contributed by atoms with Crippen LogP contribution in [0.5, 0.6) is 0 Å². The molecule has 0 fully saturated rings. The third kappa shape index (κ3) is 3.32. The Hall–Kier alpha value is -2.54. The Bertz CT molecular complexity index is 916. The zero-order chi connectivity index (χ0) is 18.1. The van der Waals surface area contributed by atoms with Crippen molar-refractivity contribution in [1.82, 2.24) is 15.0 Å². The minimum absolute atomic E-state index is 0.413. The van der Waals surface area contributed by atoms with Gasteiger partial charge in [-0.2, -0.15) is 0 Å². The molecule has 2 aromatic heterocycles. The molecule has 0 amide bonds. The summed E-state index contributed by atoms with van der Waals surface area (Å²) >= 11 is 1.34. The molecule has 1 aliphatic heterocycles. The van der Waals surface area contributed by atoms with Gasteiger partial charge in [0.15, 0.2) is 0 Å². The quantitative estimate of drug-likeness (QED) is 0.723. The predicted octanol–water partition coefficient (Wildman–Crippen LogP) is 4.00. The molecule has 6 nitrogen and oxygen atoms in total. The number of hydrogen-bond acceptors (Lipinski definition) is 7. The van der Waals surface area contributed by atoms with Crippen LogP contribution in [0.15, 0.2) is 29.1 Å². The van der Waals surface area contributed by atoms with Crippen molar-refractivity contribution >= 4 is 33.9 Å². The smallest absolute Gasteiger partial charge is 0.144 e. The minimum Gasteiger partial charge on any atom is -0.365 e. The van der Waals surface area contributed by atoms with Crippen LogP contribution in [0.3, 0.4) is 0 Å². The van der Waals surface area contributed by atoms with E-state index in [1.165, 1.54) is 23.7 Å². The molecule has 0 aromatic carbocycles. The standard InChI is InChI=1S/C18H20N6S/c1-9-5-10(2)21-6-13(9)7-22-18-16-15(23-8-24-18)14(17(20)25-16)11(3)12(4)19/h5-6,8,19-20H,7H2,1-4H3,(H,22,23,24)/b14-11-,19-12?,20-17?. The van der Waals surface area contributed by atoms with Crippen molar-refractivity contribution in [1.29, 1.82) is 10.8 Å². The Morgan fingerprint density at radius 1 is 1.20 bits per heavy atom. The van der Waals surface area contributed by atoms with Crippen molar-refractivity contribution in [3.8, 4) is 0 Å². The van der Waals surface area contributed by atoms with Gasteiger partial charge in [-0.15, -0.1) is 0 Å². The zero-order valence-corrected chi connectivity index (χ0v) is 15.5. The second-order valence-electron chi connectivity index (χ2n) is 6.06. The van der Waals surface area contributed by atoms with Crippen molar-refractivity contribution < 1.29 is 0 Å². The molecule has 0 saturated carbocycles. The molecule has 7 heteroatoms. The van der Waals surface area contributed by atoms with Crippen LogP contribution in [-0.2, 0) is 6.54 Å². The van der Waals surface area contributed by atoms with Crippen LogP contribution < -0.4 is 5.32 Å². The summed E-state index contributed by atoms with van der Waals surface area (Å²) < 4.78 is 0. The lowest BCUT2D eigenvalue weighted by Gasteiger charge is -2.11. The summed E-state index contributed by atoms with van der Waals surface area (Å²) in [4.78, 5) is 13.9. The third-order valence-electron chi connectivity index (χ3n) is 4.21. The molecule has 1 aliphatic rings. The van der Waals surface area contributed by atoms with Gasteiger partial charge in [0.1, 0.15) is 17.2 Å². The van der Waals surface area contributed by atoms with Crippen LogP contribution in [0.25, 0.3) is 5.57 Å². The lowest BCUT2D eigenvalue weighted by Crippen LogP contribution is -2.06. The van der Waals surface area contributed by atoms with E-state index in [9.17, 15) is 0 Å². The van der Waals surface area contributed by atoms with Crippen LogP contribution in [-0.4, -0.2) is 25.7 Å². The molecular weight excluding hydrogens is 332 g/mol. The van der Waals surface area contributed by atoms with Gasteiger partial charge in [0, 0.05) is 29.7 Å². The highest BCUT2D eigenvalue weighted by Gasteiger charge is 2.29. The van der Waals surface area contributed by atoms with E-state index in [2.05, 4.69) is 33.3 Å². The number of aromatic nitrogens is 3. The van der Waals surface area contributed by atoms with Gasteiger partial charge in [-0.25, -0.2) is 9.97 Å². The number of aryl methyl sites for hydroxylation is 2. The number of hydrogen-bond donors (Lipinski definition) is 3. The van der Waals surface area contributed by atoms with Gasteiger partial charge in [0.05, 0.1) is 10.6 Å². The highest BCUT2D eigenvalue weighted by molar-refractivity contribution is 8.15. The Morgan fingerprint density at radius 2 is 1.96 bits per heavy atom. The molecule has 0 saturated heterocycles. The number of pyridine rings is 1. The minimum atomic E-state index is 0.413. The molecule has 0 bridgehead atoms. The largest absolute Gasteiger partial charge is 0.365 e. The van der Waals surface area contributed by atoms with Gasteiger partial charge >= 0.3 is 0 Å². The van der Waals surface area contributed by atoms with Gasteiger partial charge in [-0.3, -0.25) is 10.4 Å². The molecule has 0 unspecified atom stereocenters. The average molecular weight is 352 g/mol. The molecular formula is C18H20N6S. The molecule has 0 aliphatic carbocycles. The number of fused-ring (bicyclic) bond motifs is 1. The Morgan fingerprint density at radius 3 is 2.64 bits per heavy atom. The fourth-order valence-corrected chi connectivity index (χ4v) is 3.69. The van der Waals surface area contributed by atoms with Gasteiger partial charge in [0.2, 0.25) is 0 Å². The van der Waals surface area contributed by atoms with Crippen molar-refractivity contribution in [2.24, 2.45) is 0 Å². The molecule has 3 heterocycles. The van der Waals surface area contributed by atoms with E-state index in [1.807, 2.05) is 20.0 Å². The van der Waals surface area contributed by atoms with Crippen LogP contribution in [0.2, 0.25) is 0 Å². The number of thioether (sulfide) groups is 1. The lowest BCUT2D eigenvalue weighted by atomic mass is 10.0. The number of anilines is 1. The zero-order valence-electron chi connectivity index (χ0n) is 14.7. The average Bonchev–Trinajstić information content (AvgIpc) is 2.89. The van der Waals surface area contributed by atoms with E-state index in [-0.39, 0.29) is 0 Å². The van der Waals surface area contributed by atoms with E-state index >= 15 is 0 Å². The molecule has 2 aromatic rings. The summed E-state index contributed by atoms with van der Waals surface area (Å²) in [5.41, 5.74) is 5.98. The van der Waals surface area contributed by atoms with Crippen molar-refractivity contribution in [2.45, 2.75) is 39.1 Å². The van der Waals surface area contributed by atoms with Crippen LogP contribution in [0.1, 0.15) is 36.4 Å². The lowest BCUT2D eigenvalue weighted by molar-refractivity contribution is 1.00. The van der Waals surface area contributed by atoms with Crippen LogP contribution >= 0.6 is 11.8 Å². The van der Waals surface area contributed by atoms with Crippen molar-refractivity contribution in [3.05, 3.63) is 46.7 Å². The first-order chi connectivity index (χ1) is 11.9. The summed E-state index contributed by atoms with van der Waals surface area (Å²) in [5, 5.41) is 19.9. The van der Waals surface area contributed by atoms with Crippen molar-refractivity contribution in [2.75, 3.05) is 5.32 Å². The number of allylic oxidation sites excluding steroid dienone is 1. The van der Waals surface area contributed by atoms with E-state index < -0.39 is 0 Å². The Balaban J connectivity index is 1.92. The highest BCUT2D eigenvalue weighted by Crippen LogP contribution is 2.44. The molecule has 0 atom stereocenters. The Kier molecular flexibility index (Phi) is 4.67. The van der Waals surface area contributed by atoms with Crippen LogP contribution in [0.4, 0.5) is 5.82 Å². The molecule has 128 valence electrons. The topological polar surface area (TPSA) is 98.4 Å². The molecule has 0 radical (unpaired) electrons. The summed E-state index contributed by atoms with van der Waals surface area (Å²) in [6.07, 6.45) is 3.38. The highest BCUT2D eigenvalue weighted by atomic mass is 32.2. The second-order valence-corrected chi connectivity index (χ2v) is 7.08. The molecule has 3 N–H and O–H groups in total. The van der Waals surface area contributed by atoms with Crippen molar-refractivity contribution in [3.63, 3.8) is 0 Å². The van der Waals surface area contributed by atoms with E-state index in [0.29, 0.717) is 23.1 Å². The van der Waals surface area contributed by atoms with Crippen LogP contribution in [0, 0.1) is 24.7 Å². The number of nitrogens with zero attached hydrogens (tertiary/aromatic N) is 3.